The number of aromatic amines is 1. The fourth-order valence-corrected chi connectivity index (χ4v) is 3.72. The number of rotatable bonds is 7. The van der Waals surface area contributed by atoms with Gasteiger partial charge in [-0.25, -0.2) is 9.78 Å². The van der Waals surface area contributed by atoms with Gasteiger partial charge in [0, 0.05) is 42.7 Å². The number of nitrogens with one attached hydrogen (secondary N) is 4. The number of aryl methyl sites for hydroxylation is 1. The highest BCUT2D eigenvalue weighted by molar-refractivity contribution is 6.32. The van der Waals surface area contributed by atoms with Crippen LogP contribution in [0.15, 0.2) is 53.1 Å². The SMILES string of the molecule is Cc1cc(Nc2cc(N3CCOCC3)n[nH]2)nc(Oc2ccc(NC(=O)Nc3ccco3)cc2Cl)n1. The molecule has 3 aromatic heterocycles. The molecule has 0 bridgehead atoms. The topological polar surface area (TPSA) is 142 Å². The largest absolute Gasteiger partial charge is 0.449 e. The van der Waals surface area contributed by atoms with E-state index in [1.54, 1.807) is 36.4 Å². The predicted octanol–water partition coefficient (Wildman–Crippen LogP) is 4.77. The first-order valence-electron chi connectivity index (χ1n) is 11.1. The minimum absolute atomic E-state index is 0.114. The van der Waals surface area contributed by atoms with Gasteiger partial charge in [0.25, 0.3) is 0 Å². The van der Waals surface area contributed by atoms with Crippen LogP contribution >= 0.6 is 11.6 Å². The Morgan fingerprint density at radius 1 is 1.14 bits per heavy atom. The van der Waals surface area contributed by atoms with Gasteiger partial charge in [-0.15, -0.1) is 0 Å². The highest BCUT2D eigenvalue weighted by atomic mass is 35.5. The van der Waals surface area contributed by atoms with Crippen LogP contribution in [0.3, 0.4) is 0 Å². The fourth-order valence-electron chi connectivity index (χ4n) is 3.50. The zero-order chi connectivity index (χ0) is 24.9. The molecule has 0 spiro atoms. The normalized spacial score (nSPS) is 13.3. The van der Waals surface area contributed by atoms with Gasteiger partial charge in [-0.05, 0) is 31.2 Å². The number of nitrogens with zero attached hydrogens (tertiary/aromatic N) is 4. The molecule has 1 aliphatic heterocycles. The molecule has 0 atom stereocenters. The van der Waals surface area contributed by atoms with Crippen molar-refractivity contribution in [3.05, 3.63) is 59.4 Å². The number of carbonyl (C=O) groups excluding carboxylic acids is 1. The molecule has 0 radical (unpaired) electrons. The summed E-state index contributed by atoms with van der Waals surface area (Å²) in [6.45, 7) is 4.77. The predicted molar refractivity (Wildman–Crippen MR) is 135 cm³/mol. The summed E-state index contributed by atoms with van der Waals surface area (Å²) in [5, 5.41) is 16.0. The van der Waals surface area contributed by atoms with Crippen molar-refractivity contribution in [2.24, 2.45) is 0 Å². The van der Waals surface area contributed by atoms with Gasteiger partial charge in [0.2, 0.25) is 5.88 Å². The highest BCUT2D eigenvalue weighted by Crippen LogP contribution is 2.31. The summed E-state index contributed by atoms with van der Waals surface area (Å²) in [4.78, 5) is 23.0. The average molecular weight is 511 g/mol. The van der Waals surface area contributed by atoms with Crippen molar-refractivity contribution in [1.29, 1.82) is 0 Å². The molecule has 1 aromatic carbocycles. The number of morpholine rings is 1. The Hall–Kier alpha value is -4.29. The van der Waals surface area contributed by atoms with Gasteiger partial charge in [-0.1, -0.05) is 11.6 Å². The molecular weight excluding hydrogens is 488 g/mol. The third kappa shape index (κ3) is 5.85. The number of H-pyrrole nitrogens is 1. The van der Waals surface area contributed by atoms with E-state index in [9.17, 15) is 4.79 Å². The van der Waals surface area contributed by atoms with Crippen LogP contribution in [0.25, 0.3) is 0 Å². The van der Waals surface area contributed by atoms with Crippen LogP contribution in [0.5, 0.6) is 11.8 Å². The molecule has 4 N–H and O–H groups in total. The molecule has 186 valence electrons. The Morgan fingerprint density at radius 3 is 2.78 bits per heavy atom. The van der Waals surface area contributed by atoms with Crippen molar-refractivity contribution >= 4 is 46.7 Å². The Morgan fingerprint density at radius 2 is 2.00 bits per heavy atom. The van der Waals surface area contributed by atoms with E-state index in [0.717, 1.165) is 18.9 Å². The van der Waals surface area contributed by atoms with E-state index in [0.29, 0.717) is 47.9 Å². The molecular formula is C23H23ClN8O4. The minimum atomic E-state index is -0.469. The maximum Gasteiger partial charge on any atom is 0.326 e. The third-order valence-corrected chi connectivity index (χ3v) is 5.44. The second-order valence-electron chi connectivity index (χ2n) is 7.85. The molecule has 12 nitrogen and oxygen atoms in total. The van der Waals surface area contributed by atoms with E-state index in [1.807, 2.05) is 13.0 Å². The van der Waals surface area contributed by atoms with Crippen LogP contribution < -0.4 is 25.6 Å². The van der Waals surface area contributed by atoms with Crippen molar-refractivity contribution in [3.8, 4) is 11.8 Å². The van der Waals surface area contributed by atoms with Crippen molar-refractivity contribution in [3.63, 3.8) is 0 Å². The van der Waals surface area contributed by atoms with E-state index < -0.39 is 6.03 Å². The molecule has 4 heterocycles. The molecule has 0 unspecified atom stereocenters. The molecule has 36 heavy (non-hydrogen) atoms. The maximum absolute atomic E-state index is 12.1. The van der Waals surface area contributed by atoms with Gasteiger partial charge in [0.1, 0.15) is 17.4 Å². The molecule has 1 saturated heterocycles. The van der Waals surface area contributed by atoms with Crippen LogP contribution in [0.2, 0.25) is 5.02 Å². The van der Waals surface area contributed by atoms with Crippen molar-refractivity contribution < 1.29 is 18.7 Å². The second kappa shape index (κ2) is 10.5. The smallest absolute Gasteiger partial charge is 0.326 e. The zero-order valence-electron chi connectivity index (χ0n) is 19.2. The number of ether oxygens (including phenoxy) is 2. The number of halogens is 1. The average Bonchev–Trinajstić information content (AvgIpc) is 3.53. The molecule has 5 rings (SSSR count). The number of furan rings is 1. The van der Waals surface area contributed by atoms with Gasteiger partial charge >= 0.3 is 12.0 Å². The summed E-state index contributed by atoms with van der Waals surface area (Å²) in [7, 11) is 0. The van der Waals surface area contributed by atoms with Crippen LogP contribution in [0.4, 0.5) is 33.8 Å². The fraction of sp³-hybridized carbons (Fsp3) is 0.217. The van der Waals surface area contributed by atoms with E-state index in [-0.39, 0.29) is 11.0 Å². The zero-order valence-corrected chi connectivity index (χ0v) is 20.0. The Labute approximate surface area is 211 Å². The quantitative estimate of drug-likeness (QED) is 0.276. The monoisotopic (exact) mass is 510 g/mol. The number of benzene rings is 1. The molecule has 1 fully saturated rings. The lowest BCUT2D eigenvalue weighted by Gasteiger charge is -2.26. The Bertz CT molecular complexity index is 1340. The van der Waals surface area contributed by atoms with Gasteiger partial charge in [0.15, 0.2) is 5.82 Å². The number of anilines is 5. The van der Waals surface area contributed by atoms with Gasteiger partial charge < -0.3 is 29.4 Å². The molecule has 0 aliphatic carbocycles. The van der Waals surface area contributed by atoms with Crippen LogP contribution in [0.1, 0.15) is 5.69 Å². The molecule has 0 saturated carbocycles. The Balaban J connectivity index is 1.24. The van der Waals surface area contributed by atoms with Gasteiger partial charge in [-0.2, -0.15) is 10.1 Å². The lowest BCUT2D eigenvalue weighted by Crippen LogP contribution is -2.36. The molecule has 1 aliphatic rings. The first kappa shape index (κ1) is 23.5. The summed E-state index contributed by atoms with van der Waals surface area (Å²) in [6.07, 6.45) is 1.46. The van der Waals surface area contributed by atoms with Crippen molar-refractivity contribution in [2.45, 2.75) is 6.92 Å². The summed E-state index contributed by atoms with van der Waals surface area (Å²) in [6, 6.07) is 11.5. The number of urea groups is 1. The number of aromatic nitrogens is 4. The Kier molecular flexibility index (Phi) is 6.87. The van der Waals surface area contributed by atoms with Crippen LogP contribution in [0, 0.1) is 6.92 Å². The summed E-state index contributed by atoms with van der Waals surface area (Å²) in [5.41, 5.74) is 1.17. The summed E-state index contributed by atoms with van der Waals surface area (Å²) >= 11 is 6.38. The lowest BCUT2D eigenvalue weighted by molar-refractivity contribution is 0.122. The number of amides is 2. The summed E-state index contributed by atoms with van der Waals surface area (Å²) < 4.78 is 16.3. The summed E-state index contributed by atoms with van der Waals surface area (Å²) in [5.74, 6) is 2.70. The molecule has 13 heteroatoms. The van der Waals surface area contributed by atoms with Crippen molar-refractivity contribution in [1.82, 2.24) is 20.2 Å². The van der Waals surface area contributed by atoms with Crippen LogP contribution in [-0.4, -0.2) is 52.5 Å². The van der Waals surface area contributed by atoms with Gasteiger partial charge in [0.05, 0.1) is 24.5 Å². The minimum Gasteiger partial charge on any atom is -0.449 e. The lowest BCUT2D eigenvalue weighted by atomic mass is 10.3. The first-order valence-corrected chi connectivity index (χ1v) is 11.5. The third-order valence-electron chi connectivity index (χ3n) is 5.14. The van der Waals surface area contributed by atoms with Gasteiger partial charge in [-0.3, -0.25) is 10.4 Å². The number of hydrogen-bond acceptors (Lipinski definition) is 9. The number of carbonyl (C=O) groups is 1. The second-order valence-corrected chi connectivity index (χ2v) is 8.25. The van der Waals surface area contributed by atoms with E-state index in [4.69, 9.17) is 25.5 Å². The first-order chi connectivity index (χ1) is 17.5. The molecule has 4 aromatic rings. The maximum atomic E-state index is 12.1. The molecule has 2 amide bonds. The van der Waals surface area contributed by atoms with Crippen LogP contribution in [-0.2, 0) is 4.74 Å². The number of hydrogen-bond donors (Lipinski definition) is 4. The van der Waals surface area contributed by atoms with E-state index in [1.165, 1.54) is 6.26 Å². The highest BCUT2D eigenvalue weighted by Gasteiger charge is 2.15. The van der Waals surface area contributed by atoms with Crippen molar-refractivity contribution in [2.75, 3.05) is 47.2 Å². The standard InChI is InChI=1S/C23H23ClN8O4/c1-14-11-18(27-19-13-20(31-30-19)32-6-9-34-10-7-32)28-23(25-14)36-17-5-4-15(12-16(17)24)26-22(33)29-21-3-2-8-35-21/h2-5,8,11-13H,6-7,9-10H2,1H3,(H2,26,29,33)(H2,25,27,28,30,31). The van der Waals surface area contributed by atoms with E-state index >= 15 is 0 Å². The van der Waals surface area contributed by atoms with E-state index in [2.05, 4.69) is 41.0 Å².